The first-order chi connectivity index (χ1) is 11.6. The molecule has 0 aliphatic carbocycles. The number of hydrogen-bond acceptors (Lipinski definition) is 2. The van der Waals surface area contributed by atoms with E-state index >= 15 is 0 Å². The molecule has 1 N–H and O–H groups in total. The zero-order valence-electron chi connectivity index (χ0n) is 12.3. The van der Waals surface area contributed by atoms with Gasteiger partial charge in [0.05, 0.1) is 11.1 Å². The summed E-state index contributed by atoms with van der Waals surface area (Å²) in [7, 11) is 0. The van der Waals surface area contributed by atoms with E-state index in [1.54, 1.807) is 0 Å². The van der Waals surface area contributed by atoms with E-state index in [1.165, 1.54) is 24.3 Å². The molecule has 0 amide bonds. The predicted molar refractivity (Wildman–Crippen MR) is 77.3 cm³/mol. The van der Waals surface area contributed by atoms with Gasteiger partial charge in [-0.25, -0.2) is 4.98 Å². The van der Waals surface area contributed by atoms with Crippen LogP contribution in [0.5, 0.6) is 0 Å². The number of alkyl halides is 6. The van der Waals surface area contributed by atoms with Gasteiger partial charge in [-0.1, -0.05) is 24.3 Å². The van der Waals surface area contributed by atoms with Crippen LogP contribution in [0.25, 0.3) is 22.8 Å². The van der Waals surface area contributed by atoms with Gasteiger partial charge in [-0.15, -0.1) is 0 Å². The summed E-state index contributed by atoms with van der Waals surface area (Å²) in [4.78, 5) is 4.00. The van der Waals surface area contributed by atoms with Crippen LogP contribution in [0.3, 0.4) is 0 Å². The van der Waals surface area contributed by atoms with Crippen molar-refractivity contribution in [1.82, 2.24) is 15.2 Å². The molecular formula is C16H9F6N3. The van der Waals surface area contributed by atoms with E-state index in [-0.39, 0.29) is 22.8 Å². The number of aromatic amines is 1. The maximum Gasteiger partial charge on any atom is 0.416 e. The molecule has 0 aliphatic rings. The van der Waals surface area contributed by atoms with Crippen LogP contribution in [0.2, 0.25) is 0 Å². The normalized spacial score (nSPS) is 12.4. The van der Waals surface area contributed by atoms with E-state index < -0.39 is 23.5 Å². The minimum absolute atomic E-state index is 0.0264. The Bertz CT molecular complexity index is 823. The molecule has 0 unspecified atom stereocenters. The Kier molecular flexibility index (Phi) is 4.02. The molecular weight excluding hydrogens is 348 g/mol. The van der Waals surface area contributed by atoms with E-state index in [9.17, 15) is 26.3 Å². The van der Waals surface area contributed by atoms with Crippen LogP contribution >= 0.6 is 0 Å². The molecule has 0 atom stereocenters. The number of aromatic nitrogens is 3. The van der Waals surface area contributed by atoms with Gasteiger partial charge >= 0.3 is 12.4 Å². The van der Waals surface area contributed by atoms with Crippen LogP contribution < -0.4 is 0 Å². The van der Waals surface area contributed by atoms with Crippen molar-refractivity contribution in [3.05, 3.63) is 59.7 Å². The average Bonchev–Trinajstić information content (AvgIpc) is 3.04. The van der Waals surface area contributed by atoms with Crippen LogP contribution in [-0.4, -0.2) is 15.2 Å². The highest BCUT2D eigenvalue weighted by atomic mass is 19.4. The van der Waals surface area contributed by atoms with Gasteiger partial charge in [-0.05, 0) is 24.3 Å². The fraction of sp³-hybridized carbons (Fsp3) is 0.125. The molecule has 0 aliphatic heterocycles. The molecule has 0 saturated carbocycles. The van der Waals surface area contributed by atoms with Crippen LogP contribution in [-0.2, 0) is 12.4 Å². The third-order valence-electron chi connectivity index (χ3n) is 3.40. The molecule has 0 fully saturated rings. The molecule has 0 bridgehead atoms. The Labute approximate surface area is 137 Å². The minimum Gasteiger partial charge on any atom is -0.259 e. The highest BCUT2D eigenvalue weighted by Gasteiger charge is 2.31. The summed E-state index contributed by atoms with van der Waals surface area (Å²) in [6.07, 6.45) is -9.03. The molecule has 0 radical (unpaired) electrons. The van der Waals surface area contributed by atoms with Crippen molar-refractivity contribution >= 4 is 0 Å². The second kappa shape index (κ2) is 5.91. The highest BCUT2D eigenvalue weighted by molar-refractivity contribution is 5.62. The fourth-order valence-electron chi connectivity index (χ4n) is 2.20. The number of benzene rings is 2. The molecule has 130 valence electrons. The molecule has 2 aromatic carbocycles. The Morgan fingerprint density at radius 3 is 1.80 bits per heavy atom. The van der Waals surface area contributed by atoms with Gasteiger partial charge in [0.25, 0.3) is 0 Å². The number of nitrogens with zero attached hydrogens (tertiary/aromatic N) is 2. The number of halogens is 6. The van der Waals surface area contributed by atoms with E-state index in [1.807, 2.05) is 0 Å². The Hall–Kier alpha value is -2.84. The molecule has 9 heteroatoms. The lowest BCUT2D eigenvalue weighted by molar-refractivity contribution is -0.138. The van der Waals surface area contributed by atoms with Gasteiger partial charge in [0.15, 0.2) is 11.6 Å². The van der Waals surface area contributed by atoms with Gasteiger partial charge < -0.3 is 0 Å². The van der Waals surface area contributed by atoms with E-state index in [0.29, 0.717) is 0 Å². The summed E-state index contributed by atoms with van der Waals surface area (Å²) < 4.78 is 76.5. The van der Waals surface area contributed by atoms with Crippen molar-refractivity contribution in [1.29, 1.82) is 0 Å². The highest BCUT2D eigenvalue weighted by Crippen LogP contribution is 2.33. The second-order valence-corrected chi connectivity index (χ2v) is 5.16. The van der Waals surface area contributed by atoms with Gasteiger partial charge in [-0.2, -0.15) is 31.4 Å². The van der Waals surface area contributed by atoms with Crippen LogP contribution in [0.1, 0.15) is 11.1 Å². The zero-order valence-corrected chi connectivity index (χ0v) is 12.3. The first kappa shape index (κ1) is 17.0. The SMILES string of the molecule is FC(F)(F)c1cccc(-c2n[nH]c(-c3cccc(C(F)(F)F)c3)n2)c1. The van der Waals surface area contributed by atoms with Crippen molar-refractivity contribution in [2.45, 2.75) is 12.4 Å². The summed E-state index contributed by atoms with van der Waals surface area (Å²) in [5, 5.41) is 6.24. The van der Waals surface area contributed by atoms with Crippen LogP contribution in [0, 0.1) is 0 Å². The third-order valence-corrected chi connectivity index (χ3v) is 3.40. The smallest absolute Gasteiger partial charge is 0.259 e. The molecule has 3 aromatic rings. The Morgan fingerprint density at radius 2 is 1.24 bits per heavy atom. The largest absolute Gasteiger partial charge is 0.416 e. The Morgan fingerprint density at radius 1 is 0.720 bits per heavy atom. The third kappa shape index (κ3) is 3.65. The molecule has 0 saturated heterocycles. The van der Waals surface area contributed by atoms with E-state index in [0.717, 1.165) is 24.3 Å². The first-order valence-corrected chi connectivity index (χ1v) is 6.92. The average molecular weight is 357 g/mol. The second-order valence-electron chi connectivity index (χ2n) is 5.16. The lowest BCUT2D eigenvalue weighted by Gasteiger charge is -2.07. The molecule has 25 heavy (non-hydrogen) atoms. The maximum atomic E-state index is 12.8. The lowest BCUT2D eigenvalue weighted by Crippen LogP contribution is -2.04. The van der Waals surface area contributed by atoms with Gasteiger partial charge in [0, 0.05) is 11.1 Å². The summed E-state index contributed by atoms with van der Waals surface area (Å²) >= 11 is 0. The topological polar surface area (TPSA) is 41.6 Å². The summed E-state index contributed by atoms with van der Waals surface area (Å²) in [5.74, 6) is -0.0166. The lowest BCUT2D eigenvalue weighted by atomic mass is 10.1. The van der Waals surface area contributed by atoms with Crippen molar-refractivity contribution in [3.63, 3.8) is 0 Å². The molecule has 0 spiro atoms. The molecule has 1 heterocycles. The first-order valence-electron chi connectivity index (χ1n) is 6.92. The summed E-state index contributed by atoms with van der Waals surface area (Å²) in [6, 6.07) is 8.77. The quantitative estimate of drug-likeness (QED) is 0.643. The number of H-pyrrole nitrogens is 1. The monoisotopic (exact) mass is 357 g/mol. The summed E-state index contributed by atoms with van der Waals surface area (Å²) in [6.45, 7) is 0. The van der Waals surface area contributed by atoms with E-state index in [2.05, 4.69) is 15.2 Å². The van der Waals surface area contributed by atoms with Crippen molar-refractivity contribution in [3.8, 4) is 22.8 Å². The maximum absolute atomic E-state index is 12.8. The molecule has 1 aromatic heterocycles. The number of nitrogens with one attached hydrogen (secondary N) is 1. The van der Waals surface area contributed by atoms with E-state index in [4.69, 9.17) is 0 Å². The van der Waals surface area contributed by atoms with Crippen molar-refractivity contribution in [2.75, 3.05) is 0 Å². The molecule has 3 rings (SSSR count). The molecule has 3 nitrogen and oxygen atoms in total. The van der Waals surface area contributed by atoms with Crippen molar-refractivity contribution < 1.29 is 26.3 Å². The van der Waals surface area contributed by atoms with Crippen LogP contribution in [0.15, 0.2) is 48.5 Å². The van der Waals surface area contributed by atoms with Gasteiger partial charge in [-0.3, -0.25) is 5.10 Å². The van der Waals surface area contributed by atoms with Crippen LogP contribution in [0.4, 0.5) is 26.3 Å². The van der Waals surface area contributed by atoms with Gasteiger partial charge in [0.2, 0.25) is 0 Å². The predicted octanol–water partition coefficient (Wildman–Crippen LogP) is 5.18. The Balaban J connectivity index is 1.96. The van der Waals surface area contributed by atoms with Crippen molar-refractivity contribution in [2.24, 2.45) is 0 Å². The zero-order chi connectivity index (χ0) is 18.2. The number of hydrogen-bond donors (Lipinski definition) is 1. The standard InChI is InChI=1S/C16H9F6N3/c17-15(18,19)11-5-1-3-9(7-11)13-23-14(25-24-13)10-4-2-6-12(8-10)16(20,21)22/h1-8H,(H,23,24,25). The number of rotatable bonds is 2. The van der Waals surface area contributed by atoms with Gasteiger partial charge in [0.1, 0.15) is 0 Å². The minimum atomic E-state index is -4.52. The fourth-order valence-corrected chi connectivity index (χ4v) is 2.20. The summed E-state index contributed by atoms with van der Waals surface area (Å²) in [5.41, 5.74) is -1.50.